The van der Waals surface area contributed by atoms with Gasteiger partial charge in [-0.1, -0.05) is 13.8 Å². The molecule has 0 atom stereocenters. The number of aryl methyl sites for hydroxylation is 2. The summed E-state index contributed by atoms with van der Waals surface area (Å²) in [7, 11) is 0. The van der Waals surface area contributed by atoms with Gasteiger partial charge in [-0.05, 0) is 24.0 Å². The van der Waals surface area contributed by atoms with E-state index < -0.39 is 0 Å². The van der Waals surface area contributed by atoms with Gasteiger partial charge in [-0.25, -0.2) is 0 Å². The van der Waals surface area contributed by atoms with Gasteiger partial charge in [-0.15, -0.1) is 0 Å². The third kappa shape index (κ3) is 2.83. The summed E-state index contributed by atoms with van der Waals surface area (Å²) in [4.78, 5) is 14.9. The second-order valence-electron chi connectivity index (χ2n) is 4.39. The number of hydrogen-bond donors (Lipinski definition) is 2. The van der Waals surface area contributed by atoms with Crippen LogP contribution in [-0.4, -0.2) is 24.0 Å². The molecule has 0 amide bonds. The van der Waals surface area contributed by atoms with E-state index in [2.05, 4.69) is 15.6 Å². The van der Waals surface area contributed by atoms with Crippen molar-refractivity contribution in [3.63, 3.8) is 0 Å². The zero-order chi connectivity index (χ0) is 13.8. The molecule has 0 aliphatic carbocycles. The van der Waals surface area contributed by atoms with E-state index in [-0.39, 0.29) is 10.6 Å². The van der Waals surface area contributed by atoms with E-state index in [1.807, 2.05) is 13.8 Å². The predicted octanol–water partition coefficient (Wildman–Crippen LogP) is 2.09. The van der Waals surface area contributed by atoms with E-state index in [4.69, 9.17) is 0 Å². The number of nitrogens with one attached hydrogen (secondary N) is 2. The Kier molecular flexibility index (Phi) is 3.99. The molecule has 0 aromatic heterocycles. The first-order valence-electron chi connectivity index (χ1n) is 6.51. The fraction of sp³-hybridized carbons (Fsp3) is 0.462. The highest BCUT2D eigenvalue weighted by molar-refractivity contribution is 5.96. The summed E-state index contributed by atoms with van der Waals surface area (Å²) in [5.41, 5.74) is 2.99. The number of hydrogen-bond acceptors (Lipinski definition) is 5. The van der Waals surface area contributed by atoms with Crippen LogP contribution in [0.1, 0.15) is 25.0 Å². The highest BCUT2D eigenvalue weighted by atomic mass is 16.6. The Balaban J connectivity index is 2.41. The van der Waals surface area contributed by atoms with Crippen LogP contribution < -0.4 is 10.6 Å². The number of rotatable bonds is 4. The lowest BCUT2D eigenvalue weighted by atomic mass is 10.0. The average Bonchev–Trinajstić information content (AvgIpc) is 2.91. The van der Waals surface area contributed by atoms with E-state index in [9.17, 15) is 10.1 Å². The summed E-state index contributed by atoms with van der Waals surface area (Å²) in [6.45, 7) is 5.58. The molecule has 0 radical (unpaired) electrons. The molecular weight excluding hydrogens is 244 g/mol. The first kappa shape index (κ1) is 13.3. The topological polar surface area (TPSA) is 79.6 Å². The van der Waals surface area contributed by atoms with E-state index in [0.717, 1.165) is 48.7 Å². The van der Waals surface area contributed by atoms with Gasteiger partial charge in [0.15, 0.2) is 5.96 Å². The minimum Gasteiger partial charge on any atom is -0.354 e. The van der Waals surface area contributed by atoms with E-state index in [1.165, 1.54) is 0 Å². The standard InChI is InChI=1S/C13H18N4O2/c1-3-9-7-11(17(18)19)8-10(4-2)12(9)16-13-14-5-6-15-13/h7-8H,3-6H2,1-2H3,(H2,14,15,16). The van der Waals surface area contributed by atoms with Gasteiger partial charge in [-0.3, -0.25) is 15.1 Å². The second-order valence-corrected chi connectivity index (χ2v) is 4.39. The molecule has 102 valence electrons. The largest absolute Gasteiger partial charge is 0.354 e. The van der Waals surface area contributed by atoms with Gasteiger partial charge in [0, 0.05) is 24.4 Å². The Morgan fingerprint density at radius 3 is 2.42 bits per heavy atom. The number of nitro benzene ring substituents is 1. The molecule has 0 fully saturated rings. The number of anilines is 1. The first-order chi connectivity index (χ1) is 9.15. The van der Waals surface area contributed by atoms with E-state index >= 15 is 0 Å². The fourth-order valence-corrected chi connectivity index (χ4v) is 2.17. The predicted molar refractivity (Wildman–Crippen MR) is 75.8 cm³/mol. The van der Waals surface area contributed by atoms with E-state index in [1.54, 1.807) is 12.1 Å². The summed E-state index contributed by atoms with van der Waals surface area (Å²) in [6, 6.07) is 3.27. The molecule has 1 aliphatic rings. The van der Waals surface area contributed by atoms with Crippen LogP contribution in [0.5, 0.6) is 0 Å². The Labute approximate surface area is 112 Å². The van der Waals surface area contributed by atoms with Gasteiger partial charge in [0.05, 0.1) is 11.5 Å². The highest BCUT2D eigenvalue weighted by Crippen LogP contribution is 2.28. The third-order valence-corrected chi connectivity index (χ3v) is 3.18. The summed E-state index contributed by atoms with van der Waals surface area (Å²) in [5, 5.41) is 17.4. The lowest BCUT2D eigenvalue weighted by Crippen LogP contribution is -2.27. The summed E-state index contributed by atoms with van der Waals surface area (Å²) in [6.07, 6.45) is 1.48. The Hall–Kier alpha value is -2.11. The van der Waals surface area contributed by atoms with Gasteiger partial charge in [-0.2, -0.15) is 0 Å². The van der Waals surface area contributed by atoms with Crippen molar-refractivity contribution < 1.29 is 4.92 Å². The number of guanidine groups is 1. The molecular formula is C13H18N4O2. The molecule has 0 spiro atoms. The van der Waals surface area contributed by atoms with Crippen LogP contribution in [0, 0.1) is 10.1 Å². The summed E-state index contributed by atoms with van der Waals surface area (Å²) < 4.78 is 0. The zero-order valence-corrected chi connectivity index (χ0v) is 11.2. The van der Waals surface area contributed by atoms with Crippen LogP contribution >= 0.6 is 0 Å². The molecule has 0 saturated carbocycles. The monoisotopic (exact) mass is 262 g/mol. The second kappa shape index (κ2) is 5.69. The van der Waals surface area contributed by atoms with Crippen molar-refractivity contribution in [2.45, 2.75) is 26.7 Å². The molecule has 2 rings (SSSR count). The Morgan fingerprint density at radius 2 is 2.00 bits per heavy atom. The zero-order valence-electron chi connectivity index (χ0n) is 11.2. The lowest BCUT2D eigenvalue weighted by Gasteiger charge is -2.15. The third-order valence-electron chi connectivity index (χ3n) is 3.18. The van der Waals surface area contributed by atoms with Gasteiger partial charge >= 0.3 is 0 Å². The van der Waals surface area contributed by atoms with Crippen LogP contribution in [0.4, 0.5) is 11.4 Å². The Bertz CT molecular complexity index is 500. The number of non-ortho nitro benzene ring substituents is 1. The molecule has 6 nitrogen and oxygen atoms in total. The number of aliphatic imine (C=N–C) groups is 1. The van der Waals surface area contributed by atoms with Gasteiger partial charge in [0.1, 0.15) is 0 Å². The Morgan fingerprint density at radius 1 is 1.37 bits per heavy atom. The maximum atomic E-state index is 10.9. The van der Waals surface area contributed by atoms with Crippen molar-refractivity contribution in [2.24, 2.45) is 4.99 Å². The van der Waals surface area contributed by atoms with Crippen LogP contribution in [0.2, 0.25) is 0 Å². The van der Waals surface area contributed by atoms with E-state index in [0.29, 0.717) is 0 Å². The smallest absolute Gasteiger partial charge is 0.270 e. The van der Waals surface area contributed by atoms with Crippen molar-refractivity contribution in [1.82, 2.24) is 5.32 Å². The molecule has 1 heterocycles. The fourth-order valence-electron chi connectivity index (χ4n) is 2.17. The minimum absolute atomic E-state index is 0.153. The maximum absolute atomic E-state index is 10.9. The average molecular weight is 262 g/mol. The quantitative estimate of drug-likeness (QED) is 0.643. The van der Waals surface area contributed by atoms with Crippen molar-refractivity contribution in [3.05, 3.63) is 33.4 Å². The number of benzene rings is 1. The van der Waals surface area contributed by atoms with Gasteiger partial charge in [0.25, 0.3) is 5.69 Å². The van der Waals surface area contributed by atoms with Crippen LogP contribution in [-0.2, 0) is 12.8 Å². The maximum Gasteiger partial charge on any atom is 0.270 e. The van der Waals surface area contributed by atoms with Crippen LogP contribution in [0.25, 0.3) is 0 Å². The van der Waals surface area contributed by atoms with Gasteiger partial charge in [0.2, 0.25) is 0 Å². The molecule has 1 aromatic rings. The van der Waals surface area contributed by atoms with Crippen LogP contribution in [0.15, 0.2) is 17.1 Å². The molecule has 2 N–H and O–H groups in total. The van der Waals surface area contributed by atoms with Crippen molar-refractivity contribution in [2.75, 3.05) is 18.4 Å². The lowest BCUT2D eigenvalue weighted by molar-refractivity contribution is -0.385. The molecule has 19 heavy (non-hydrogen) atoms. The number of nitrogens with zero attached hydrogens (tertiary/aromatic N) is 2. The number of nitro groups is 1. The minimum atomic E-state index is -0.340. The molecule has 0 bridgehead atoms. The molecule has 0 unspecified atom stereocenters. The molecule has 6 heteroatoms. The van der Waals surface area contributed by atoms with Crippen molar-refractivity contribution in [1.29, 1.82) is 0 Å². The van der Waals surface area contributed by atoms with Crippen molar-refractivity contribution in [3.8, 4) is 0 Å². The normalized spacial score (nSPS) is 13.9. The summed E-state index contributed by atoms with van der Waals surface area (Å²) in [5.74, 6) is 0.748. The van der Waals surface area contributed by atoms with Crippen molar-refractivity contribution >= 4 is 17.3 Å². The molecule has 1 aliphatic heterocycles. The SMILES string of the molecule is CCc1cc([N+](=O)[O-])cc(CC)c1NC1=NCCN1. The molecule has 0 saturated heterocycles. The van der Waals surface area contributed by atoms with Crippen LogP contribution in [0.3, 0.4) is 0 Å². The highest BCUT2D eigenvalue weighted by Gasteiger charge is 2.16. The summed E-state index contributed by atoms with van der Waals surface area (Å²) >= 11 is 0. The van der Waals surface area contributed by atoms with Gasteiger partial charge < -0.3 is 10.6 Å². The molecule has 1 aromatic carbocycles. The first-order valence-corrected chi connectivity index (χ1v) is 6.51.